The van der Waals surface area contributed by atoms with Gasteiger partial charge in [-0.3, -0.25) is 4.79 Å². The molecule has 1 aliphatic rings. The number of carbonyl (C=O) groups excluding carboxylic acids is 1. The highest BCUT2D eigenvalue weighted by Crippen LogP contribution is 2.25. The maximum atomic E-state index is 12.8. The largest absolute Gasteiger partial charge is 0.497 e. The Morgan fingerprint density at radius 2 is 2.05 bits per heavy atom. The molecule has 1 aromatic rings. The van der Waals surface area contributed by atoms with Crippen molar-refractivity contribution in [1.29, 1.82) is 0 Å². The maximum Gasteiger partial charge on any atom is 0.406 e. The molecule has 1 heterocycles. The molecule has 0 radical (unpaired) electrons. The maximum absolute atomic E-state index is 12.8. The molecule has 0 N–H and O–H groups in total. The molecule has 1 aliphatic heterocycles. The molecule has 0 atom stereocenters. The lowest BCUT2D eigenvalue weighted by Crippen LogP contribution is -2.47. The van der Waals surface area contributed by atoms with E-state index in [9.17, 15) is 18.0 Å². The number of hydrogen-bond acceptors (Lipinski definition) is 3. The molecule has 0 saturated carbocycles. The number of amides is 1. The summed E-state index contributed by atoms with van der Waals surface area (Å²) in [6, 6.07) is 5.70. The fourth-order valence-electron chi connectivity index (χ4n) is 2.48. The van der Waals surface area contributed by atoms with Crippen LogP contribution in [0, 0.1) is 0 Å². The lowest BCUT2D eigenvalue weighted by atomic mass is 10.0. The average molecular weight is 317 g/mol. The van der Waals surface area contributed by atoms with Crippen LogP contribution in [0.3, 0.4) is 0 Å². The summed E-state index contributed by atoms with van der Waals surface area (Å²) in [6.07, 6.45) is -3.62. The Morgan fingerprint density at radius 1 is 1.36 bits per heavy atom. The highest BCUT2D eigenvalue weighted by atomic mass is 19.4. The second kappa shape index (κ2) is 7.00. The molecule has 0 spiro atoms. The van der Waals surface area contributed by atoms with Crippen molar-refractivity contribution in [2.75, 3.05) is 26.9 Å². The van der Waals surface area contributed by atoms with Crippen LogP contribution < -0.4 is 4.74 Å². The molecular formula is C15H18F3NO3. The lowest BCUT2D eigenvalue weighted by molar-refractivity contribution is -0.147. The highest BCUT2D eigenvalue weighted by Gasteiger charge is 2.37. The van der Waals surface area contributed by atoms with Gasteiger partial charge in [0, 0.05) is 24.8 Å². The highest BCUT2D eigenvalue weighted by molar-refractivity contribution is 5.94. The first kappa shape index (κ1) is 16.6. The van der Waals surface area contributed by atoms with Crippen LogP contribution in [0.5, 0.6) is 5.75 Å². The van der Waals surface area contributed by atoms with Crippen LogP contribution in [0.1, 0.15) is 23.2 Å². The van der Waals surface area contributed by atoms with Crippen molar-refractivity contribution < 1.29 is 27.4 Å². The molecular weight excluding hydrogens is 299 g/mol. The quantitative estimate of drug-likeness (QED) is 0.857. The average Bonchev–Trinajstić information content (AvgIpc) is 2.52. The standard InChI is InChI=1S/C15H18F3NO3/c1-21-13-4-2-3-11(9-13)14(20)19(10-15(16,17)18)12-5-7-22-8-6-12/h2-4,9,12H,5-8,10H2,1H3. The number of benzene rings is 1. The predicted octanol–water partition coefficient (Wildman–Crippen LogP) is 2.88. The van der Waals surface area contributed by atoms with Gasteiger partial charge < -0.3 is 14.4 Å². The fraction of sp³-hybridized carbons (Fsp3) is 0.533. The fourth-order valence-corrected chi connectivity index (χ4v) is 2.48. The van der Waals surface area contributed by atoms with E-state index in [1.54, 1.807) is 12.1 Å². The number of carbonyl (C=O) groups is 1. The third-order valence-electron chi connectivity index (χ3n) is 3.56. The Kier molecular flexibility index (Phi) is 5.28. The van der Waals surface area contributed by atoms with Gasteiger partial charge in [0.15, 0.2) is 0 Å². The van der Waals surface area contributed by atoms with E-state index in [0.29, 0.717) is 31.8 Å². The number of methoxy groups -OCH3 is 1. The number of rotatable bonds is 4. The molecule has 4 nitrogen and oxygen atoms in total. The van der Waals surface area contributed by atoms with Gasteiger partial charge in [-0.2, -0.15) is 13.2 Å². The summed E-state index contributed by atoms with van der Waals surface area (Å²) in [7, 11) is 1.44. The number of ether oxygens (including phenoxy) is 2. The van der Waals surface area contributed by atoms with Crippen molar-refractivity contribution in [2.45, 2.75) is 25.1 Å². The SMILES string of the molecule is COc1cccc(C(=O)N(CC(F)(F)F)C2CCOCC2)c1. The minimum Gasteiger partial charge on any atom is -0.497 e. The molecule has 2 rings (SSSR count). The molecule has 22 heavy (non-hydrogen) atoms. The monoisotopic (exact) mass is 317 g/mol. The van der Waals surface area contributed by atoms with E-state index in [0.717, 1.165) is 4.90 Å². The molecule has 122 valence electrons. The zero-order valence-electron chi connectivity index (χ0n) is 12.2. The zero-order chi connectivity index (χ0) is 16.2. The number of hydrogen-bond donors (Lipinski definition) is 0. The van der Waals surface area contributed by atoms with Crippen molar-refractivity contribution in [2.24, 2.45) is 0 Å². The van der Waals surface area contributed by atoms with E-state index in [1.165, 1.54) is 19.2 Å². The van der Waals surface area contributed by atoms with Gasteiger partial charge in [0.25, 0.3) is 5.91 Å². The molecule has 1 fully saturated rings. The van der Waals surface area contributed by atoms with Crippen LogP contribution in [0.2, 0.25) is 0 Å². The Balaban J connectivity index is 2.24. The van der Waals surface area contributed by atoms with E-state index in [1.807, 2.05) is 0 Å². The number of alkyl halides is 3. The predicted molar refractivity (Wildman–Crippen MR) is 73.9 cm³/mol. The molecule has 1 aromatic carbocycles. The molecule has 0 aromatic heterocycles. The molecule has 1 saturated heterocycles. The summed E-state index contributed by atoms with van der Waals surface area (Å²) in [4.78, 5) is 13.4. The number of halogens is 3. The van der Waals surface area contributed by atoms with Crippen molar-refractivity contribution in [1.82, 2.24) is 4.90 Å². The first-order valence-corrected chi connectivity index (χ1v) is 7.00. The second-order valence-corrected chi connectivity index (χ2v) is 5.12. The van der Waals surface area contributed by atoms with Gasteiger partial charge in [0.1, 0.15) is 12.3 Å². The summed E-state index contributed by atoms with van der Waals surface area (Å²) in [5, 5.41) is 0. The summed E-state index contributed by atoms with van der Waals surface area (Å²) in [5.74, 6) is -0.201. The van der Waals surface area contributed by atoms with Gasteiger partial charge in [-0.25, -0.2) is 0 Å². The van der Waals surface area contributed by atoms with Gasteiger partial charge >= 0.3 is 6.18 Å². The minimum absolute atomic E-state index is 0.190. The molecule has 0 bridgehead atoms. The van der Waals surface area contributed by atoms with Gasteiger partial charge in [-0.1, -0.05) is 6.07 Å². The lowest BCUT2D eigenvalue weighted by Gasteiger charge is -2.35. The van der Waals surface area contributed by atoms with Crippen molar-refractivity contribution in [3.8, 4) is 5.75 Å². The third-order valence-corrected chi connectivity index (χ3v) is 3.56. The van der Waals surface area contributed by atoms with E-state index in [2.05, 4.69) is 0 Å². The molecule has 0 unspecified atom stereocenters. The van der Waals surface area contributed by atoms with Gasteiger partial charge in [-0.05, 0) is 31.0 Å². The van der Waals surface area contributed by atoms with E-state index in [4.69, 9.17) is 9.47 Å². The first-order chi connectivity index (χ1) is 10.4. The van der Waals surface area contributed by atoms with Gasteiger partial charge in [-0.15, -0.1) is 0 Å². The summed E-state index contributed by atoms with van der Waals surface area (Å²) in [5.41, 5.74) is 0.190. The molecule has 0 aliphatic carbocycles. The van der Waals surface area contributed by atoms with Gasteiger partial charge in [0.05, 0.1) is 7.11 Å². The second-order valence-electron chi connectivity index (χ2n) is 5.12. The van der Waals surface area contributed by atoms with E-state index in [-0.39, 0.29) is 5.56 Å². The Morgan fingerprint density at radius 3 is 2.64 bits per heavy atom. The van der Waals surface area contributed by atoms with Crippen LogP contribution in [0.4, 0.5) is 13.2 Å². The zero-order valence-corrected chi connectivity index (χ0v) is 12.2. The number of nitrogens with zero attached hydrogens (tertiary/aromatic N) is 1. The Hall–Kier alpha value is -1.76. The van der Waals surface area contributed by atoms with Crippen molar-refractivity contribution >= 4 is 5.91 Å². The molecule has 7 heteroatoms. The Bertz CT molecular complexity index is 513. The van der Waals surface area contributed by atoms with E-state index < -0.39 is 24.7 Å². The third kappa shape index (κ3) is 4.37. The normalized spacial score (nSPS) is 16.4. The van der Waals surface area contributed by atoms with Crippen molar-refractivity contribution in [3.63, 3.8) is 0 Å². The smallest absolute Gasteiger partial charge is 0.406 e. The van der Waals surface area contributed by atoms with Crippen LogP contribution in [0.15, 0.2) is 24.3 Å². The van der Waals surface area contributed by atoms with Crippen molar-refractivity contribution in [3.05, 3.63) is 29.8 Å². The summed E-state index contributed by atoms with van der Waals surface area (Å²) in [6.45, 7) is -0.525. The van der Waals surface area contributed by atoms with Gasteiger partial charge in [0.2, 0.25) is 0 Å². The Labute approximate surface area is 126 Å². The topological polar surface area (TPSA) is 38.8 Å². The summed E-state index contributed by atoms with van der Waals surface area (Å²) >= 11 is 0. The molecule has 1 amide bonds. The van der Waals surface area contributed by atoms with Crippen LogP contribution in [-0.2, 0) is 4.74 Å². The first-order valence-electron chi connectivity index (χ1n) is 7.00. The summed E-state index contributed by atoms with van der Waals surface area (Å²) < 4.78 is 48.7. The van der Waals surface area contributed by atoms with Crippen LogP contribution in [-0.4, -0.2) is 49.9 Å². The van der Waals surface area contributed by atoms with Crippen LogP contribution in [0.25, 0.3) is 0 Å². The van der Waals surface area contributed by atoms with E-state index >= 15 is 0 Å². The van der Waals surface area contributed by atoms with Crippen LogP contribution >= 0.6 is 0 Å². The minimum atomic E-state index is -4.44.